The Balaban J connectivity index is 1.21. The second kappa shape index (κ2) is 11.6. The molecule has 8 aromatic rings. The van der Waals surface area contributed by atoms with E-state index in [-0.39, 0.29) is 5.41 Å². The third kappa shape index (κ3) is 4.72. The number of anilines is 3. The van der Waals surface area contributed by atoms with Crippen LogP contribution in [0.25, 0.3) is 27.5 Å². The number of para-hydroxylation sites is 3. The molecule has 2 aromatic heterocycles. The largest absolute Gasteiger partial charge is 0.310 e. The molecule has 1 atom stereocenters. The molecule has 0 fully saturated rings. The summed E-state index contributed by atoms with van der Waals surface area (Å²) >= 11 is 0. The molecule has 0 saturated carbocycles. The minimum atomic E-state index is -0.740. The zero-order valence-corrected chi connectivity index (χ0v) is 28.8. The number of aryl methyl sites for hydroxylation is 1. The van der Waals surface area contributed by atoms with Crippen molar-refractivity contribution < 1.29 is 0 Å². The average molecular weight is 650 g/mol. The van der Waals surface area contributed by atoms with Crippen molar-refractivity contribution in [2.24, 2.45) is 0 Å². The lowest BCUT2D eigenvalue weighted by atomic mass is 9.73. The summed E-state index contributed by atoms with van der Waals surface area (Å²) < 4.78 is 2.45. The van der Waals surface area contributed by atoms with E-state index >= 15 is 0 Å². The third-order valence-corrected chi connectivity index (χ3v) is 12.5. The van der Waals surface area contributed by atoms with Gasteiger partial charge in [-0.15, -0.1) is 0 Å². The van der Waals surface area contributed by atoms with Gasteiger partial charge in [0.2, 0.25) is 0 Å². The van der Waals surface area contributed by atoms with Crippen molar-refractivity contribution >= 4 is 62.7 Å². The van der Waals surface area contributed by atoms with Gasteiger partial charge >= 0.3 is 0 Å². The van der Waals surface area contributed by atoms with Gasteiger partial charge in [-0.2, -0.15) is 0 Å². The molecule has 49 heavy (non-hydrogen) atoms. The Bertz CT molecular complexity index is 2410. The minimum Gasteiger partial charge on any atom is -0.310 e. The number of benzene rings is 6. The van der Waals surface area contributed by atoms with Crippen molar-refractivity contribution in [3.8, 4) is 5.69 Å². The van der Waals surface area contributed by atoms with Crippen molar-refractivity contribution in [2.75, 3.05) is 4.90 Å². The SMILES string of the molecule is Cc1cc(P(c2ccccc2)c2cccnc2)ccc1-n1c2ccccc2c2cc(N3c4ccccc4C(C)(C)c4ccccc43)ccc21. The molecule has 236 valence electrons. The molecule has 1 unspecified atom stereocenters. The molecule has 1 aliphatic rings. The molecule has 0 radical (unpaired) electrons. The summed E-state index contributed by atoms with van der Waals surface area (Å²) in [6.07, 6.45) is 3.88. The molecule has 4 heteroatoms. The summed E-state index contributed by atoms with van der Waals surface area (Å²) in [7, 11) is -0.740. The van der Waals surface area contributed by atoms with Gasteiger partial charge in [0.05, 0.1) is 22.4 Å². The van der Waals surface area contributed by atoms with Crippen LogP contribution in [0.2, 0.25) is 0 Å². The van der Waals surface area contributed by atoms with Gasteiger partial charge in [0.15, 0.2) is 0 Å². The van der Waals surface area contributed by atoms with Crippen LogP contribution in [0.5, 0.6) is 0 Å². The molecule has 0 aliphatic carbocycles. The molecule has 0 N–H and O–H groups in total. The number of hydrogen-bond donors (Lipinski definition) is 0. The van der Waals surface area contributed by atoms with E-state index in [4.69, 9.17) is 0 Å². The van der Waals surface area contributed by atoms with Crippen LogP contribution in [-0.2, 0) is 5.41 Å². The maximum absolute atomic E-state index is 4.49. The zero-order valence-electron chi connectivity index (χ0n) is 27.9. The van der Waals surface area contributed by atoms with Crippen LogP contribution in [0.15, 0.2) is 164 Å². The molecule has 1 aliphatic heterocycles. The summed E-state index contributed by atoms with van der Waals surface area (Å²) in [5.41, 5.74) is 11.1. The Morgan fingerprint density at radius 1 is 0.531 bits per heavy atom. The summed E-state index contributed by atoms with van der Waals surface area (Å²) in [6, 6.07) is 55.7. The van der Waals surface area contributed by atoms with Gasteiger partial charge < -0.3 is 9.47 Å². The van der Waals surface area contributed by atoms with Crippen molar-refractivity contribution in [2.45, 2.75) is 26.2 Å². The van der Waals surface area contributed by atoms with E-state index in [9.17, 15) is 0 Å². The van der Waals surface area contributed by atoms with Crippen LogP contribution in [0.3, 0.4) is 0 Å². The Hall–Kier alpha value is -5.50. The number of hydrogen-bond acceptors (Lipinski definition) is 2. The predicted molar refractivity (Wildman–Crippen MR) is 209 cm³/mol. The lowest BCUT2D eigenvalue weighted by molar-refractivity contribution is 0.632. The molecular formula is C45H36N3P. The Labute approximate surface area is 288 Å². The van der Waals surface area contributed by atoms with Crippen LogP contribution in [0.4, 0.5) is 17.1 Å². The standard InChI is InChI=1S/C45H36N3P/c1-31-28-34(49(33-14-5-4-6-15-33)35-16-13-27-46-30-35)24-26-40(31)48-41-20-10-7-17-36(41)37-29-32(23-25-42(37)48)47-43-21-11-8-18-38(43)45(2,3)39-19-9-12-22-44(39)47/h4-30H,1-3H3. The molecule has 0 bridgehead atoms. The summed E-state index contributed by atoms with van der Waals surface area (Å²) in [6.45, 7) is 6.93. The quantitative estimate of drug-likeness (QED) is 0.173. The number of nitrogens with zero attached hydrogens (tertiary/aromatic N) is 3. The van der Waals surface area contributed by atoms with Crippen LogP contribution < -0.4 is 20.8 Å². The molecule has 0 spiro atoms. The highest BCUT2D eigenvalue weighted by Crippen LogP contribution is 2.52. The van der Waals surface area contributed by atoms with Gasteiger partial charge in [0.25, 0.3) is 0 Å². The van der Waals surface area contributed by atoms with Crippen molar-refractivity contribution in [1.82, 2.24) is 9.55 Å². The third-order valence-electron chi connectivity index (χ3n) is 10.1. The highest BCUT2D eigenvalue weighted by atomic mass is 31.1. The van der Waals surface area contributed by atoms with E-state index in [1.807, 2.05) is 18.5 Å². The molecule has 0 saturated heterocycles. The van der Waals surface area contributed by atoms with E-state index in [1.54, 1.807) is 0 Å². The van der Waals surface area contributed by atoms with Gasteiger partial charge in [-0.05, 0) is 96.7 Å². The second-order valence-electron chi connectivity index (χ2n) is 13.4. The van der Waals surface area contributed by atoms with Crippen molar-refractivity contribution in [1.29, 1.82) is 0 Å². The lowest BCUT2D eigenvalue weighted by Crippen LogP contribution is -2.30. The first kappa shape index (κ1) is 29.6. The Morgan fingerprint density at radius 3 is 1.90 bits per heavy atom. The first-order chi connectivity index (χ1) is 24.0. The molecule has 3 heterocycles. The van der Waals surface area contributed by atoms with E-state index in [0.29, 0.717) is 0 Å². The smallest absolute Gasteiger partial charge is 0.0542 e. The number of pyridine rings is 1. The van der Waals surface area contributed by atoms with Crippen molar-refractivity contribution in [3.63, 3.8) is 0 Å². The maximum atomic E-state index is 4.49. The van der Waals surface area contributed by atoms with Crippen LogP contribution in [0.1, 0.15) is 30.5 Å². The topological polar surface area (TPSA) is 21.1 Å². The molecule has 0 amide bonds. The minimum absolute atomic E-state index is 0.0919. The van der Waals surface area contributed by atoms with Crippen LogP contribution in [-0.4, -0.2) is 9.55 Å². The van der Waals surface area contributed by atoms with E-state index in [2.05, 4.69) is 181 Å². The summed E-state index contributed by atoms with van der Waals surface area (Å²) in [4.78, 5) is 6.94. The highest BCUT2D eigenvalue weighted by Gasteiger charge is 2.36. The fraction of sp³-hybridized carbons (Fsp3) is 0.0889. The maximum Gasteiger partial charge on any atom is 0.0542 e. The fourth-order valence-electron chi connectivity index (χ4n) is 7.85. The van der Waals surface area contributed by atoms with Gasteiger partial charge in [-0.1, -0.05) is 111 Å². The number of fused-ring (bicyclic) bond motifs is 5. The van der Waals surface area contributed by atoms with Crippen LogP contribution in [0, 0.1) is 6.92 Å². The first-order valence-corrected chi connectivity index (χ1v) is 18.2. The molecule has 6 aromatic carbocycles. The van der Waals surface area contributed by atoms with Gasteiger partial charge in [-0.3, -0.25) is 4.98 Å². The van der Waals surface area contributed by atoms with Gasteiger partial charge in [0.1, 0.15) is 0 Å². The normalized spacial score (nSPS) is 14.1. The predicted octanol–water partition coefficient (Wildman–Crippen LogP) is 10.4. The second-order valence-corrected chi connectivity index (χ2v) is 15.6. The monoisotopic (exact) mass is 649 g/mol. The van der Waals surface area contributed by atoms with E-state index < -0.39 is 7.92 Å². The van der Waals surface area contributed by atoms with E-state index in [0.717, 1.165) is 0 Å². The summed E-state index contributed by atoms with van der Waals surface area (Å²) in [5, 5.41) is 6.40. The first-order valence-electron chi connectivity index (χ1n) is 16.9. The molecular weight excluding hydrogens is 613 g/mol. The Morgan fingerprint density at radius 2 is 1.18 bits per heavy atom. The van der Waals surface area contributed by atoms with Gasteiger partial charge in [-0.25, -0.2) is 0 Å². The molecule has 9 rings (SSSR count). The average Bonchev–Trinajstić information content (AvgIpc) is 3.46. The van der Waals surface area contributed by atoms with E-state index in [1.165, 1.54) is 77.2 Å². The molecule has 3 nitrogen and oxygen atoms in total. The summed E-state index contributed by atoms with van der Waals surface area (Å²) in [5.74, 6) is 0. The Kier molecular flexibility index (Phi) is 7.00. The van der Waals surface area contributed by atoms with Gasteiger partial charge in [0, 0.05) is 45.3 Å². The van der Waals surface area contributed by atoms with Crippen molar-refractivity contribution in [3.05, 3.63) is 181 Å². The highest BCUT2D eigenvalue weighted by molar-refractivity contribution is 7.79. The fourth-order valence-corrected chi connectivity index (χ4v) is 10.2. The number of rotatable bonds is 5. The van der Waals surface area contributed by atoms with Crippen LogP contribution >= 0.6 is 7.92 Å². The zero-order chi connectivity index (χ0) is 33.1. The number of aromatic nitrogens is 2. The lowest BCUT2D eigenvalue weighted by Gasteiger charge is -2.42.